The molecule has 1 fully saturated rings. The Morgan fingerprint density at radius 1 is 1.44 bits per heavy atom. The zero-order chi connectivity index (χ0) is 11.5. The van der Waals surface area contributed by atoms with E-state index in [2.05, 4.69) is 15.3 Å². The number of nitrogens with one attached hydrogen (secondary N) is 2. The molecule has 16 heavy (non-hydrogen) atoms. The lowest BCUT2D eigenvalue weighted by molar-refractivity contribution is 0.126. The number of H-pyrrole nitrogens is 1. The van der Waals surface area contributed by atoms with E-state index in [1.807, 2.05) is 0 Å². The highest BCUT2D eigenvalue weighted by Crippen LogP contribution is 2.23. The summed E-state index contributed by atoms with van der Waals surface area (Å²) in [6.45, 7) is 0. The Bertz CT molecular complexity index is 413. The van der Waals surface area contributed by atoms with E-state index >= 15 is 0 Å². The molecule has 1 aromatic heterocycles. The van der Waals surface area contributed by atoms with Gasteiger partial charge < -0.3 is 15.4 Å². The average Bonchev–Trinajstić information content (AvgIpc) is 2.28. The van der Waals surface area contributed by atoms with Crippen molar-refractivity contribution < 1.29 is 5.11 Å². The van der Waals surface area contributed by atoms with Gasteiger partial charge in [-0.05, 0) is 25.7 Å². The van der Waals surface area contributed by atoms with Crippen LogP contribution in [0.25, 0.3) is 0 Å². The second-order valence-corrected chi connectivity index (χ2v) is 4.42. The zero-order valence-corrected chi connectivity index (χ0v) is 9.50. The molecular weight excluding hydrogens is 230 g/mol. The van der Waals surface area contributed by atoms with Crippen LogP contribution in [0.4, 0.5) is 5.82 Å². The van der Waals surface area contributed by atoms with E-state index in [1.54, 1.807) is 0 Å². The normalized spacial score (nSPS) is 25.4. The predicted octanol–water partition coefficient (Wildman–Crippen LogP) is 1.14. The van der Waals surface area contributed by atoms with Crippen LogP contribution in [0, 0.1) is 0 Å². The van der Waals surface area contributed by atoms with Crippen molar-refractivity contribution in [3.05, 3.63) is 21.7 Å². The number of aromatic amines is 1. The first-order chi connectivity index (χ1) is 7.66. The number of anilines is 1. The van der Waals surface area contributed by atoms with Crippen LogP contribution in [0.2, 0.25) is 5.02 Å². The number of hydrogen-bond donors (Lipinski definition) is 3. The first kappa shape index (κ1) is 11.4. The highest BCUT2D eigenvalue weighted by Gasteiger charge is 2.20. The summed E-state index contributed by atoms with van der Waals surface area (Å²) in [6, 6.07) is 0.232. The third-order valence-corrected chi connectivity index (χ3v) is 3.18. The monoisotopic (exact) mass is 243 g/mol. The first-order valence-corrected chi connectivity index (χ1v) is 5.72. The summed E-state index contributed by atoms with van der Waals surface area (Å²) in [7, 11) is 0. The molecule has 0 aromatic carbocycles. The first-order valence-electron chi connectivity index (χ1n) is 5.34. The van der Waals surface area contributed by atoms with Gasteiger partial charge in [-0.25, -0.2) is 4.98 Å². The third-order valence-electron chi connectivity index (χ3n) is 2.83. The van der Waals surface area contributed by atoms with Gasteiger partial charge in [-0.1, -0.05) is 11.6 Å². The van der Waals surface area contributed by atoms with Crippen molar-refractivity contribution in [1.29, 1.82) is 0 Å². The van der Waals surface area contributed by atoms with Crippen molar-refractivity contribution in [2.45, 2.75) is 37.8 Å². The lowest BCUT2D eigenvalue weighted by Crippen LogP contribution is -2.29. The topological polar surface area (TPSA) is 78.0 Å². The van der Waals surface area contributed by atoms with Gasteiger partial charge in [0.1, 0.15) is 5.02 Å². The Balaban J connectivity index is 2.04. The molecule has 1 aliphatic rings. The lowest BCUT2D eigenvalue weighted by Gasteiger charge is -2.26. The Hall–Kier alpha value is -1.07. The highest BCUT2D eigenvalue weighted by molar-refractivity contribution is 6.32. The Morgan fingerprint density at radius 3 is 2.81 bits per heavy atom. The fourth-order valence-electron chi connectivity index (χ4n) is 1.90. The van der Waals surface area contributed by atoms with Gasteiger partial charge in [-0.15, -0.1) is 0 Å². The van der Waals surface area contributed by atoms with Crippen LogP contribution in [0.15, 0.2) is 11.1 Å². The molecule has 1 saturated carbocycles. The van der Waals surface area contributed by atoms with Gasteiger partial charge in [0.2, 0.25) is 0 Å². The minimum absolute atomic E-state index is 0.0913. The number of aromatic nitrogens is 2. The summed E-state index contributed by atoms with van der Waals surface area (Å²) in [5.41, 5.74) is -0.338. The standard InChI is InChI=1S/C10H14ClN3O2/c11-8-9(12-5-13-10(8)16)14-6-1-3-7(15)4-2-6/h5-7,15H,1-4H2,(H2,12,13,14,16). The van der Waals surface area contributed by atoms with Gasteiger partial charge in [0, 0.05) is 6.04 Å². The molecule has 1 aromatic rings. The fourth-order valence-corrected chi connectivity index (χ4v) is 2.06. The minimum Gasteiger partial charge on any atom is -0.393 e. The van der Waals surface area contributed by atoms with Crippen molar-refractivity contribution >= 4 is 17.4 Å². The summed E-state index contributed by atoms with van der Waals surface area (Å²) in [5, 5.41) is 12.6. The molecule has 1 aliphatic carbocycles. The minimum atomic E-state index is -0.338. The van der Waals surface area contributed by atoms with E-state index in [0.29, 0.717) is 5.82 Å². The van der Waals surface area contributed by atoms with Crippen molar-refractivity contribution in [3.8, 4) is 0 Å². The highest BCUT2D eigenvalue weighted by atomic mass is 35.5. The maximum Gasteiger partial charge on any atom is 0.271 e. The molecule has 0 aliphatic heterocycles. The van der Waals surface area contributed by atoms with Crippen molar-refractivity contribution in [2.24, 2.45) is 0 Å². The number of aliphatic hydroxyl groups excluding tert-OH is 1. The second-order valence-electron chi connectivity index (χ2n) is 4.04. The fraction of sp³-hybridized carbons (Fsp3) is 0.600. The van der Waals surface area contributed by atoms with Crippen LogP contribution >= 0.6 is 11.6 Å². The van der Waals surface area contributed by atoms with Gasteiger partial charge in [0.05, 0.1) is 12.4 Å². The van der Waals surface area contributed by atoms with E-state index in [1.165, 1.54) is 6.33 Å². The van der Waals surface area contributed by atoms with Crippen molar-refractivity contribution in [1.82, 2.24) is 9.97 Å². The number of hydrogen-bond acceptors (Lipinski definition) is 4. The molecule has 0 spiro atoms. The summed E-state index contributed by atoms with van der Waals surface area (Å²) >= 11 is 5.82. The van der Waals surface area contributed by atoms with Crippen molar-refractivity contribution in [3.63, 3.8) is 0 Å². The molecule has 2 rings (SSSR count). The van der Waals surface area contributed by atoms with Crippen LogP contribution in [0.5, 0.6) is 0 Å². The second kappa shape index (κ2) is 4.84. The summed E-state index contributed by atoms with van der Waals surface area (Å²) in [5.74, 6) is 0.423. The van der Waals surface area contributed by atoms with Crippen LogP contribution < -0.4 is 10.9 Å². The molecule has 88 valence electrons. The summed E-state index contributed by atoms with van der Waals surface area (Å²) in [6.07, 6.45) is 4.42. The number of rotatable bonds is 2. The van der Waals surface area contributed by atoms with E-state index in [0.717, 1.165) is 25.7 Å². The maximum atomic E-state index is 11.2. The largest absolute Gasteiger partial charge is 0.393 e. The van der Waals surface area contributed by atoms with E-state index in [-0.39, 0.29) is 22.7 Å². The van der Waals surface area contributed by atoms with E-state index in [9.17, 15) is 9.90 Å². The van der Waals surface area contributed by atoms with Gasteiger partial charge >= 0.3 is 0 Å². The predicted molar refractivity (Wildman–Crippen MR) is 61.8 cm³/mol. The molecule has 0 unspecified atom stereocenters. The molecule has 0 radical (unpaired) electrons. The molecule has 5 nitrogen and oxygen atoms in total. The summed E-state index contributed by atoms with van der Waals surface area (Å²) in [4.78, 5) is 17.6. The average molecular weight is 244 g/mol. The molecule has 1 heterocycles. The Labute approximate surface area is 97.9 Å². The van der Waals surface area contributed by atoms with Gasteiger partial charge in [-0.2, -0.15) is 0 Å². The molecule has 0 saturated heterocycles. The Kier molecular flexibility index (Phi) is 3.46. The molecule has 0 atom stereocenters. The Morgan fingerprint density at radius 2 is 2.12 bits per heavy atom. The van der Waals surface area contributed by atoms with Crippen LogP contribution in [-0.2, 0) is 0 Å². The molecule has 3 N–H and O–H groups in total. The van der Waals surface area contributed by atoms with Gasteiger partial charge in [-0.3, -0.25) is 4.79 Å². The van der Waals surface area contributed by atoms with E-state index in [4.69, 9.17) is 11.6 Å². The van der Waals surface area contributed by atoms with Crippen molar-refractivity contribution in [2.75, 3.05) is 5.32 Å². The SMILES string of the molecule is O=c1[nH]cnc(NC2CCC(O)CC2)c1Cl. The number of nitrogens with zero attached hydrogens (tertiary/aromatic N) is 1. The number of aliphatic hydroxyl groups is 1. The van der Waals surface area contributed by atoms with Crippen LogP contribution in [0.3, 0.4) is 0 Å². The quantitative estimate of drug-likeness (QED) is 0.728. The van der Waals surface area contributed by atoms with Gasteiger partial charge in [0.15, 0.2) is 5.82 Å². The molecular formula is C10H14ClN3O2. The number of halogens is 1. The third kappa shape index (κ3) is 2.54. The molecule has 6 heteroatoms. The van der Waals surface area contributed by atoms with Gasteiger partial charge in [0.25, 0.3) is 5.56 Å². The molecule has 0 amide bonds. The lowest BCUT2D eigenvalue weighted by atomic mass is 9.93. The molecule has 0 bridgehead atoms. The van der Waals surface area contributed by atoms with E-state index < -0.39 is 0 Å². The smallest absolute Gasteiger partial charge is 0.271 e. The van der Waals surface area contributed by atoms with Crippen LogP contribution in [-0.4, -0.2) is 27.2 Å². The zero-order valence-electron chi connectivity index (χ0n) is 8.74. The maximum absolute atomic E-state index is 11.2. The van der Waals surface area contributed by atoms with Crippen LogP contribution in [0.1, 0.15) is 25.7 Å². The summed E-state index contributed by atoms with van der Waals surface area (Å²) < 4.78 is 0.